The summed E-state index contributed by atoms with van der Waals surface area (Å²) in [4.78, 5) is 49.3. The van der Waals surface area contributed by atoms with E-state index in [2.05, 4.69) is 10.2 Å². The number of carbonyl (C=O) groups excluding carboxylic acids is 2. The molecule has 0 spiro atoms. The van der Waals surface area contributed by atoms with Gasteiger partial charge in [-0.2, -0.15) is 0 Å². The molecule has 10 nitrogen and oxygen atoms in total. The van der Waals surface area contributed by atoms with Crippen molar-refractivity contribution < 1.29 is 33.7 Å². The number of aromatic nitrogens is 1. The van der Waals surface area contributed by atoms with E-state index in [9.17, 15) is 24.4 Å². The summed E-state index contributed by atoms with van der Waals surface area (Å²) < 4.78 is 16.0. The minimum atomic E-state index is -1.46. The zero-order valence-corrected chi connectivity index (χ0v) is 15.5. The number of pyridine rings is 1. The Labute approximate surface area is 161 Å². The third-order valence-corrected chi connectivity index (χ3v) is 4.31. The fraction of sp³-hybridized carbons (Fsp3) is 0.556. The maximum absolute atomic E-state index is 12.0. The summed E-state index contributed by atoms with van der Waals surface area (Å²) in [5, 5.41) is 12.9. The number of unbranched alkanes of at least 4 members (excludes halogenated alkanes) is 1. The Kier molecular flexibility index (Phi) is 7.56. The molecular weight excluding hydrogens is 372 g/mol. The van der Waals surface area contributed by atoms with E-state index in [1.54, 1.807) is 0 Å². The van der Waals surface area contributed by atoms with Crippen LogP contribution in [0.15, 0.2) is 11.4 Å². The number of aryl methyl sites for hydroxylation is 1. The van der Waals surface area contributed by atoms with Crippen molar-refractivity contribution in [3.63, 3.8) is 0 Å². The molecule has 1 aromatic heterocycles. The van der Waals surface area contributed by atoms with Gasteiger partial charge in [0, 0.05) is 37.9 Å². The number of ether oxygens (including phenoxy) is 3. The highest BCUT2D eigenvalue weighted by molar-refractivity contribution is 5.92. The molecule has 0 radical (unpaired) electrons. The van der Waals surface area contributed by atoms with Crippen molar-refractivity contribution in [3.8, 4) is 5.75 Å². The summed E-state index contributed by atoms with van der Waals surface area (Å²) >= 11 is 0. The fourth-order valence-electron chi connectivity index (χ4n) is 2.83. The van der Waals surface area contributed by atoms with E-state index in [1.807, 2.05) is 0 Å². The van der Waals surface area contributed by atoms with Crippen LogP contribution in [0, 0.1) is 4.91 Å². The van der Waals surface area contributed by atoms with Gasteiger partial charge in [-0.15, -0.1) is 4.91 Å². The van der Waals surface area contributed by atoms with E-state index in [0.29, 0.717) is 18.4 Å². The quantitative estimate of drug-likeness (QED) is 0.273. The summed E-state index contributed by atoms with van der Waals surface area (Å²) in [6.07, 6.45) is 3.56. The number of esters is 1. The van der Waals surface area contributed by atoms with Crippen molar-refractivity contribution in [1.29, 1.82) is 0 Å². The molecule has 1 aliphatic rings. The lowest BCUT2D eigenvalue weighted by atomic mass is 10.0. The lowest BCUT2D eigenvalue weighted by Gasteiger charge is -2.32. The van der Waals surface area contributed by atoms with Crippen molar-refractivity contribution in [2.45, 2.75) is 51.4 Å². The number of carboxylic acid groups (broad SMARTS) is 1. The molecule has 1 N–H and O–H groups in total. The number of carbonyl (C=O) groups is 3. The summed E-state index contributed by atoms with van der Waals surface area (Å²) in [6, 6.07) is 0. The van der Waals surface area contributed by atoms with Crippen LogP contribution in [0.4, 0.5) is 0 Å². The summed E-state index contributed by atoms with van der Waals surface area (Å²) in [7, 11) is 0. The first kappa shape index (κ1) is 21.4. The summed E-state index contributed by atoms with van der Waals surface area (Å²) in [6.45, 7) is 1.34. The minimum Gasteiger partial charge on any atom is -0.477 e. The van der Waals surface area contributed by atoms with Crippen LogP contribution in [-0.2, 0) is 32.1 Å². The van der Waals surface area contributed by atoms with Gasteiger partial charge >= 0.3 is 11.9 Å². The van der Waals surface area contributed by atoms with E-state index < -0.39 is 17.7 Å². The van der Waals surface area contributed by atoms with Crippen LogP contribution >= 0.6 is 0 Å². The maximum atomic E-state index is 12.0. The van der Waals surface area contributed by atoms with Gasteiger partial charge in [0.25, 0.3) is 0 Å². The molecule has 10 heteroatoms. The Bertz CT molecular complexity index is 743. The topological polar surface area (TPSA) is 141 Å². The number of hydrogen-bond acceptors (Lipinski definition) is 9. The third kappa shape index (κ3) is 5.32. The van der Waals surface area contributed by atoms with Crippen LogP contribution in [0.5, 0.6) is 5.75 Å². The number of nitrogens with zero attached hydrogens (tertiary/aromatic N) is 2. The van der Waals surface area contributed by atoms with E-state index in [0.717, 1.165) is 6.29 Å². The highest BCUT2D eigenvalue weighted by Crippen LogP contribution is 2.35. The molecule has 0 unspecified atom stereocenters. The molecule has 0 aromatic carbocycles. The van der Waals surface area contributed by atoms with Crippen molar-refractivity contribution in [3.05, 3.63) is 27.9 Å². The van der Waals surface area contributed by atoms with Crippen molar-refractivity contribution >= 4 is 18.2 Å². The predicted molar refractivity (Wildman–Crippen MR) is 94.9 cm³/mol. The van der Waals surface area contributed by atoms with Gasteiger partial charge < -0.3 is 24.1 Å². The molecule has 152 valence electrons. The van der Waals surface area contributed by atoms with Crippen LogP contribution in [0.1, 0.15) is 54.2 Å². The smallest absolute Gasteiger partial charge is 0.341 e. The molecule has 0 atom stereocenters. The van der Waals surface area contributed by atoms with E-state index >= 15 is 0 Å². The minimum absolute atomic E-state index is 0.00931. The molecule has 1 saturated heterocycles. The largest absolute Gasteiger partial charge is 0.477 e. The number of nitroso groups, excluding NO2 is 1. The Hall–Kier alpha value is -2.88. The van der Waals surface area contributed by atoms with E-state index in [1.165, 1.54) is 13.1 Å². The summed E-state index contributed by atoms with van der Waals surface area (Å²) in [5.41, 5.74) is -1.33. The molecular formula is C18H22N2O8. The molecule has 1 aromatic rings. The number of rotatable bonds is 10. The molecule has 0 aliphatic carbocycles. The van der Waals surface area contributed by atoms with Crippen molar-refractivity contribution in [1.82, 2.24) is 4.98 Å². The van der Waals surface area contributed by atoms with Crippen LogP contribution in [0.3, 0.4) is 0 Å². The Morgan fingerprint density at radius 2 is 2.11 bits per heavy atom. The Morgan fingerprint density at radius 1 is 1.39 bits per heavy atom. The zero-order chi connectivity index (χ0) is 20.6. The van der Waals surface area contributed by atoms with Gasteiger partial charge in [-0.1, -0.05) is 0 Å². The standard InChI is InChI=1S/C18H22N2O8/c1-12(22)27-11-14-15(17(23)24)16(13(10-19-14)4-2-3-7-21)28-18(20-25)5-8-26-9-6-18/h7,10H,2-6,8-9,11H2,1H3,(H,23,24). The van der Waals surface area contributed by atoms with E-state index in [-0.39, 0.29) is 56.1 Å². The van der Waals surface area contributed by atoms with Crippen molar-refractivity contribution in [2.24, 2.45) is 5.18 Å². The van der Waals surface area contributed by atoms with Crippen LogP contribution in [-0.4, -0.2) is 47.3 Å². The molecule has 1 fully saturated rings. The van der Waals surface area contributed by atoms with Crippen LogP contribution in [0.2, 0.25) is 0 Å². The third-order valence-electron chi connectivity index (χ3n) is 4.31. The second-order valence-corrected chi connectivity index (χ2v) is 6.33. The zero-order valence-electron chi connectivity index (χ0n) is 15.5. The maximum Gasteiger partial charge on any atom is 0.341 e. The van der Waals surface area contributed by atoms with Gasteiger partial charge in [-0.3, -0.25) is 9.78 Å². The van der Waals surface area contributed by atoms with Gasteiger partial charge in [-0.05, 0) is 18.0 Å². The van der Waals surface area contributed by atoms with Gasteiger partial charge in [0.15, 0.2) is 0 Å². The monoisotopic (exact) mass is 394 g/mol. The first-order valence-corrected chi connectivity index (χ1v) is 8.85. The normalized spacial score (nSPS) is 15.5. The number of aldehydes is 1. The molecule has 0 amide bonds. The van der Waals surface area contributed by atoms with Gasteiger partial charge in [0.2, 0.25) is 5.72 Å². The van der Waals surface area contributed by atoms with Gasteiger partial charge in [0.1, 0.15) is 24.2 Å². The molecule has 28 heavy (non-hydrogen) atoms. The molecule has 2 rings (SSSR count). The first-order chi connectivity index (χ1) is 13.4. The predicted octanol–water partition coefficient (Wildman–Crippen LogP) is 2.02. The lowest BCUT2D eigenvalue weighted by molar-refractivity contribution is -0.142. The number of carboxylic acids is 1. The highest BCUT2D eigenvalue weighted by Gasteiger charge is 2.39. The first-order valence-electron chi connectivity index (χ1n) is 8.85. The van der Waals surface area contributed by atoms with Crippen LogP contribution in [0.25, 0.3) is 0 Å². The molecule has 1 aliphatic heterocycles. The van der Waals surface area contributed by atoms with Gasteiger partial charge in [0.05, 0.1) is 18.9 Å². The highest BCUT2D eigenvalue weighted by atomic mass is 16.5. The van der Waals surface area contributed by atoms with Crippen molar-refractivity contribution in [2.75, 3.05) is 13.2 Å². The average molecular weight is 394 g/mol. The lowest BCUT2D eigenvalue weighted by Crippen LogP contribution is -2.40. The fourth-order valence-corrected chi connectivity index (χ4v) is 2.83. The second kappa shape index (κ2) is 9.88. The average Bonchev–Trinajstić information content (AvgIpc) is 2.68. The Balaban J connectivity index is 2.49. The number of aromatic carboxylic acids is 1. The number of hydrogen-bond donors (Lipinski definition) is 1. The SMILES string of the molecule is CC(=O)OCc1ncc(CCCC=O)c(OC2(N=O)CCOCC2)c1C(=O)O. The molecule has 2 heterocycles. The van der Waals surface area contributed by atoms with Crippen LogP contribution < -0.4 is 4.74 Å². The molecule has 0 bridgehead atoms. The molecule has 0 saturated carbocycles. The summed E-state index contributed by atoms with van der Waals surface area (Å²) in [5.74, 6) is -1.97. The second-order valence-electron chi connectivity index (χ2n) is 6.33. The van der Waals surface area contributed by atoms with E-state index in [4.69, 9.17) is 14.2 Å². The van der Waals surface area contributed by atoms with Gasteiger partial charge in [-0.25, -0.2) is 4.79 Å². The Morgan fingerprint density at radius 3 is 2.68 bits per heavy atom.